The Kier molecular flexibility index (Phi) is 6.85. The van der Waals surface area contributed by atoms with Crippen LogP contribution in [0.25, 0.3) is 0 Å². The molecule has 1 saturated carbocycles. The maximum atomic E-state index is 12.5. The van der Waals surface area contributed by atoms with E-state index in [4.69, 9.17) is 33.7 Å². The summed E-state index contributed by atoms with van der Waals surface area (Å²) in [4.78, 5) is 14.5. The molecule has 4 N–H and O–H groups in total. The van der Waals surface area contributed by atoms with Crippen LogP contribution in [0.4, 0.5) is 0 Å². The molecule has 6 atom stereocenters. The van der Waals surface area contributed by atoms with Crippen LogP contribution in [-0.4, -0.2) is 77.7 Å². The van der Waals surface area contributed by atoms with E-state index in [0.717, 1.165) is 19.4 Å². The van der Waals surface area contributed by atoms with Crippen molar-refractivity contribution in [1.82, 2.24) is 10.2 Å². The SMILES string of the molecule is N[C@H](C1CCN(C(=O)[C@H]2COCCN2)CC1)C1CC(Cl)C(Cl)CC1O. The molecule has 1 amide bonds. The Bertz CT molecular complexity index is 456. The second-order valence-electron chi connectivity index (χ2n) is 7.56. The second-order valence-corrected chi connectivity index (χ2v) is 8.68. The van der Waals surface area contributed by atoms with Gasteiger partial charge in [-0.2, -0.15) is 0 Å². The summed E-state index contributed by atoms with van der Waals surface area (Å²) < 4.78 is 5.38. The minimum Gasteiger partial charge on any atom is -0.393 e. The Morgan fingerprint density at radius 1 is 1.24 bits per heavy atom. The van der Waals surface area contributed by atoms with E-state index in [1.165, 1.54) is 0 Å². The Balaban J connectivity index is 1.50. The van der Waals surface area contributed by atoms with Crippen molar-refractivity contribution < 1.29 is 14.6 Å². The maximum Gasteiger partial charge on any atom is 0.242 e. The van der Waals surface area contributed by atoms with Gasteiger partial charge in [-0.3, -0.25) is 4.79 Å². The van der Waals surface area contributed by atoms with Crippen molar-refractivity contribution in [2.45, 2.75) is 54.6 Å². The fourth-order valence-electron chi connectivity index (χ4n) is 4.33. The normalized spacial score (nSPS) is 39.2. The van der Waals surface area contributed by atoms with E-state index in [1.807, 2.05) is 4.90 Å². The lowest BCUT2D eigenvalue weighted by Crippen LogP contribution is -2.56. The molecule has 0 aromatic heterocycles. The van der Waals surface area contributed by atoms with E-state index in [9.17, 15) is 9.90 Å². The molecule has 4 unspecified atom stereocenters. The van der Waals surface area contributed by atoms with Gasteiger partial charge < -0.3 is 25.8 Å². The second kappa shape index (κ2) is 8.72. The molecule has 2 aliphatic heterocycles. The summed E-state index contributed by atoms with van der Waals surface area (Å²) in [7, 11) is 0. The lowest BCUT2D eigenvalue weighted by molar-refractivity contribution is -0.138. The van der Waals surface area contributed by atoms with Crippen LogP contribution in [0.2, 0.25) is 0 Å². The number of carbonyl (C=O) groups excluding carboxylic acids is 1. The summed E-state index contributed by atoms with van der Waals surface area (Å²) in [5.41, 5.74) is 6.49. The van der Waals surface area contributed by atoms with Crippen molar-refractivity contribution in [2.75, 3.05) is 32.8 Å². The van der Waals surface area contributed by atoms with Gasteiger partial charge >= 0.3 is 0 Å². The lowest BCUT2D eigenvalue weighted by Gasteiger charge is -2.43. The molecule has 144 valence electrons. The number of ether oxygens (including phenoxy) is 1. The summed E-state index contributed by atoms with van der Waals surface area (Å²) in [5.74, 6) is 0.406. The van der Waals surface area contributed by atoms with Crippen molar-refractivity contribution >= 4 is 29.1 Å². The van der Waals surface area contributed by atoms with Crippen molar-refractivity contribution in [2.24, 2.45) is 17.6 Å². The van der Waals surface area contributed by atoms with Gasteiger partial charge in [0, 0.05) is 31.6 Å². The topological polar surface area (TPSA) is 87.8 Å². The Labute approximate surface area is 159 Å². The third-order valence-electron chi connectivity index (χ3n) is 5.96. The number of hydrogen-bond donors (Lipinski definition) is 3. The number of amides is 1. The third-order valence-corrected chi connectivity index (χ3v) is 7.05. The quantitative estimate of drug-likeness (QED) is 0.608. The van der Waals surface area contributed by atoms with Crippen LogP contribution in [0.15, 0.2) is 0 Å². The van der Waals surface area contributed by atoms with Crippen molar-refractivity contribution in [3.05, 3.63) is 0 Å². The van der Waals surface area contributed by atoms with E-state index in [1.54, 1.807) is 0 Å². The number of aliphatic hydroxyl groups excluding tert-OH is 1. The van der Waals surface area contributed by atoms with Gasteiger partial charge in [0.2, 0.25) is 5.91 Å². The molecule has 0 radical (unpaired) electrons. The number of nitrogens with one attached hydrogen (secondary N) is 1. The van der Waals surface area contributed by atoms with E-state index in [0.29, 0.717) is 45.1 Å². The Hall–Kier alpha value is -0.110. The zero-order chi connectivity index (χ0) is 18.0. The molecule has 25 heavy (non-hydrogen) atoms. The Morgan fingerprint density at radius 3 is 2.56 bits per heavy atom. The average Bonchev–Trinajstić information content (AvgIpc) is 2.64. The van der Waals surface area contributed by atoms with Gasteiger partial charge in [-0.15, -0.1) is 23.2 Å². The maximum absolute atomic E-state index is 12.5. The van der Waals surface area contributed by atoms with Crippen LogP contribution in [0, 0.1) is 11.8 Å². The van der Waals surface area contributed by atoms with Gasteiger partial charge in [0.05, 0.1) is 30.1 Å². The number of nitrogens with zero attached hydrogens (tertiary/aromatic N) is 1. The van der Waals surface area contributed by atoms with Gasteiger partial charge in [0.25, 0.3) is 0 Å². The number of piperidine rings is 1. The molecule has 3 fully saturated rings. The molecule has 3 aliphatic rings. The average molecular weight is 394 g/mol. The van der Waals surface area contributed by atoms with Crippen LogP contribution in [0.1, 0.15) is 25.7 Å². The molecular weight excluding hydrogens is 365 g/mol. The minimum atomic E-state index is -0.490. The monoisotopic (exact) mass is 393 g/mol. The number of aliphatic hydroxyl groups is 1. The molecule has 1 aliphatic carbocycles. The highest BCUT2D eigenvalue weighted by molar-refractivity contribution is 6.30. The van der Waals surface area contributed by atoms with Gasteiger partial charge in [0.1, 0.15) is 6.04 Å². The predicted molar refractivity (Wildman–Crippen MR) is 97.9 cm³/mol. The Morgan fingerprint density at radius 2 is 1.92 bits per heavy atom. The van der Waals surface area contributed by atoms with Crippen LogP contribution in [0.3, 0.4) is 0 Å². The number of hydrogen-bond acceptors (Lipinski definition) is 5. The van der Waals surface area contributed by atoms with Crippen molar-refractivity contribution in [3.8, 4) is 0 Å². The van der Waals surface area contributed by atoms with Crippen molar-refractivity contribution in [1.29, 1.82) is 0 Å². The van der Waals surface area contributed by atoms with Crippen LogP contribution in [0.5, 0.6) is 0 Å². The van der Waals surface area contributed by atoms with E-state index in [2.05, 4.69) is 5.32 Å². The number of carbonyl (C=O) groups is 1. The van der Waals surface area contributed by atoms with Gasteiger partial charge in [-0.1, -0.05) is 0 Å². The summed E-state index contributed by atoms with van der Waals surface area (Å²) in [6.07, 6.45) is 2.39. The largest absolute Gasteiger partial charge is 0.393 e. The number of nitrogens with two attached hydrogens (primary N) is 1. The number of likely N-dealkylation sites (tertiary alicyclic amines) is 1. The summed E-state index contributed by atoms with van der Waals surface area (Å²) in [6.45, 7) is 3.25. The van der Waals surface area contributed by atoms with Crippen molar-refractivity contribution in [3.63, 3.8) is 0 Å². The number of morpholine rings is 1. The van der Waals surface area contributed by atoms with E-state index >= 15 is 0 Å². The molecule has 0 aromatic rings. The summed E-state index contributed by atoms with van der Waals surface area (Å²) in [5, 5.41) is 13.2. The first-order chi connectivity index (χ1) is 12.0. The highest BCUT2D eigenvalue weighted by Crippen LogP contribution is 2.36. The third kappa shape index (κ3) is 4.60. The lowest BCUT2D eigenvalue weighted by atomic mass is 9.74. The zero-order valence-electron chi connectivity index (χ0n) is 14.4. The highest BCUT2D eigenvalue weighted by atomic mass is 35.5. The zero-order valence-corrected chi connectivity index (χ0v) is 16.0. The van der Waals surface area contributed by atoms with Gasteiger partial charge in [-0.25, -0.2) is 0 Å². The predicted octanol–water partition coefficient (Wildman–Crippen LogP) is 0.526. The smallest absolute Gasteiger partial charge is 0.242 e. The van der Waals surface area contributed by atoms with E-state index < -0.39 is 6.10 Å². The molecule has 0 spiro atoms. The van der Waals surface area contributed by atoms with Crippen LogP contribution >= 0.6 is 23.2 Å². The molecule has 6 nitrogen and oxygen atoms in total. The van der Waals surface area contributed by atoms with Gasteiger partial charge in [0.15, 0.2) is 0 Å². The first kappa shape index (κ1) is 19.6. The number of halogens is 2. The molecule has 0 bridgehead atoms. The standard InChI is InChI=1S/C17H29Cl2N3O3/c18-12-7-11(15(23)8-13(12)19)16(20)10-1-4-22(5-2-10)17(24)14-9-25-6-3-21-14/h10-16,21,23H,1-9,20H2/t11?,12?,13?,14-,15?,16-/m1/s1. The van der Waals surface area contributed by atoms with Crippen LogP contribution in [-0.2, 0) is 9.53 Å². The first-order valence-electron chi connectivity index (χ1n) is 9.29. The van der Waals surface area contributed by atoms with Gasteiger partial charge in [-0.05, 0) is 31.6 Å². The fraction of sp³-hybridized carbons (Fsp3) is 0.941. The molecule has 8 heteroatoms. The van der Waals surface area contributed by atoms with Crippen LogP contribution < -0.4 is 11.1 Å². The molecular formula is C17H29Cl2N3O3. The molecule has 3 rings (SSSR count). The summed E-state index contributed by atoms with van der Waals surface area (Å²) in [6, 6.07) is -0.328. The molecule has 0 aromatic carbocycles. The first-order valence-corrected chi connectivity index (χ1v) is 10.2. The number of alkyl halides is 2. The molecule has 2 heterocycles. The fourth-order valence-corrected chi connectivity index (χ4v) is 4.92. The molecule has 2 saturated heterocycles. The minimum absolute atomic E-state index is 0.0156. The number of rotatable bonds is 3. The van der Waals surface area contributed by atoms with E-state index in [-0.39, 0.29) is 34.7 Å². The summed E-state index contributed by atoms with van der Waals surface area (Å²) >= 11 is 12.4. The highest BCUT2D eigenvalue weighted by Gasteiger charge is 2.41.